The van der Waals surface area contributed by atoms with E-state index in [0.29, 0.717) is 0 Å². The van der Waals surface area contributed by atoms with E-state index in [9.17, 15) is 4.79 Å². The molecule has 9 heavy (non-hydrogen) atoms. The third-order valence-electron chi connectivity index (χ3n) is 0.724. The van der Waals surface area contributed by atoms with Gasteiger partial charge in [-0.05, 0) is 11.8 Å². The van der Waals surface area contributed by atoms with Crippen LogP contribution in [0.1, 0.15) is 6.92 Å². The van der Waals surface area contributed by atoms with Gasteiger partial charge >= 0.3 is 0 Å². The summed E-state index contributed by atoms with van der Waals surface area (Å²) in [6, 6.07) is 0. The highest BCUT2D eigenvalue weighted by Crippen LogP contribution is 2.22. The Bertz CT molecular complexity index is 116. The molecule has 1 unspecified atom stereocenters. The molecule has 1 N–H and O–H groups in total. The van der Waals surface area contributed by atoms with Crippen LogP contribution >= 0.6 is 21.8 Å². The summed E-state index contributed by atoms with van der Waals surface area (Å²) in [6.07, 6.45) is 1.25. The molecule has 0 aromatic carbocycles. The molecule has 0 aromatic heterocycles. The van der Waals surface area contributed by atoms with E-state index in [0.717, 1.165) is 5.75 Å². The molecule has 0 aliphatic heterocycles. The molecule has 0 radical (unpaired) electrons. The predicted octanol–water partition coefficient (Wildman–Crippen LogP) is 1.07. The van der Waals surface area contributed by atoms with Gasteiger partial charge in [0.05, 0.1) is 0 Å². The number of nitrogens with one attached hydrogen (secondary N) is 1. The maximum absolute atomic E-state index is 10.5. The lowest BCUT2D eigenvalue weighted by Crippen LogP contribution is -2.15. The van der Waals surface area contributed by atoms with Gasteiger partial charge in [0.15, 0.2) is 0 Å². The van der Waals surface area contributed by atoms with Crippen molar-refractivity contribution < 1.29 is 4.79 Å². The fraction of sp³-hybridized carbons (Fsp3) is 0.400. The normalized spacial score (nSPS) is 14.2. The SMILES string of the molecule is C=CC(=O)N[SH](S)CC. The highest BCUT2D eigenvalue weighted by molar-refractivity contribution is 8.77. The van der Waals surface area contributed by atoms with Gasteiger partial charge in [0, 0.05) is 0 Å². The van der Waals surface area contributed by atoms with E-state index >= 15 is 0 Å². The summed E-state index contributed by atoms with van der Waals surface area (Å²) in [5.74, 6) is 0.746. The van der Waals surface area contributed by atoms with Crippen molar-refractivity contribution in [3.63, 3.8) is 0 Å². The first-order valence-corrected chi connectivity index (χ1v) is 5.28. The second-order valence-corrected chi connectivity index (χ2v) is 4.50. The summed E-state index contributed by atoms with van der Waals surface area (Å²) in [5.41, 5.74) is 0. The smallest absolute Gasteiger partial charge is 0.252 e. The van der Waals surface area contributed by atoms with Crippen LogP contribution in [0.4, 0.5) is 0 Å². The van der Waals surface area contributed by atoms with Crippen LogP contribution in [0.15, 0.2) is 12.7 Å². The molecule has 0 spiro atoms. The maximum atomic E-state index is 10.5. The third-order valence-corrected chi connectivity index (χ3v) is 2.95. The van der Waals surface area contributed by atoms with Crippen molar-refractivity contribution in [2.45, 2.75) is 6.92 Å². The summed E-state index contributed by atoms with van der Waals surface area (Å²) in [5, 5.41) is 0. The van der Waals surface area contributed by atoms with E-state index in [2.05, 4.69) is 23.0 Å². The van der Waals surface area contributed by atoms with E-state index < -0.39 is 10.1 Å². The highest BCUT2D eigenvalue weighted by Gasteiger charge is 1.95. The molecular weight excluding hydrogens is 154 g/mol. The van der Waals surface area contributed by atoms with Gasteiger partial charge in [-0.3, -0.25) is 4.79 Å². The Balaban J connectivity index is 3.46. The summed E-state index contributed by atoms with van der Waals surface area (Å²) in [4.78, 5) is 10.5. The van der Waals surface area contributed by atoms with E-state index in [1.807, 2.05) is 6.92 Å². The van der Waals surface area contributed by atoms with Gasteiger partial charge in [0.1, 0.15) is 0 Å². The van der Waals surface area contributed by atoms with Gasteiger partial charge in [-0.1, -0.05) is 13.5 Å². The lowest BCUT2D eigenvalue weighted by atomic mass is 10.6. The van der Waals surface area contributed by atoms with E-state index in [1.165, 1.54) is 6.08 Å². The van der Waals surface area contributed by atoms with Gasteiger partial charge in [0.2, 0.25) is 0 Å². The zero-order chi connectivity index (χ0) is 7.28. The standard InChI is InChI=1S/C5H11NOS2/c1-3-5(7)6-9(8)4-2/h3,8-9H,1,4H2,2H3,(H,6,7). The molecule has 1 atom stereocenters. The molecule has 0 saturated carbocycles. The Kier molecular flexibility index (Phi) is 4.71. The summed E-state index contributed by atoms with van der Waals surface area (Å²) < 4.78 is 2.65. The minimum Gasteiger partial charge on any atom is -0.309 e. The largest absolute Gasteiger partial charge is 0.309 e. The topological polar surface area (TPSA) is 29.1 Å². The lowest BCUT2D eigenvalue weighted by Gasteiger charge is -2.11. The van der Waals surface area contributed by atoms with Crippen molar-refractivity contribution >= 4 is 27.7 Å². The monoisotopic (exact) mass is 165 g/mol. The Labute approximate surface area is 63.0 Å². The lowest BCUT2D eigenvalue weighted by molar-refractivity contribution is -0.114. The number of amides is 1. The van der Waals surface area contributed by atoms with E-state index in [1.54, 1.807) is 0 Å². The fourth-order valence-corrected chi connectivity index (χ4v) is 1.05. The predicted molar refractivity (Wildman–Crippen MR) is 46.9 cm³/mol. The number of carbonyl (C=O) groups excluding carboxylic acids is 1. The van der Waals surface area contributed by atoms with Crippen LogP contribution in [0.5, 0.6) is 0 Å². The second-order valence-electron chi connectivity index (χ2n) is 1.40. The van der Waals surface area contributed by atoms with E-state index in [4.69, 9.17) is 0 Å². The van der Waals surface area contributed by atoms with Gasteiger partial charge < -0.3 is 4.72 Å². The van der Waals surface area contributed by atoms with Crippen molar-refractivity contribution in [1.82, 2.24) is 4.72 Å². The molecule has 54 valence electrons. The van der Waals surface area contributed by atoms with Crippen LogP contribution in [0.25, 0.3) is 0 Å². The number of carbonyl (C=O) groups is 1. The first-order valence-electron chi connectivity index (χ1n) is 2.60. The number of hydrogen-bond acceptors (Lipinski definition) is 2. The molecule has 0 saturated heterocycles. The Hall–Kier alpha value is -0.0900. The molecule has 0 fully saturated rings. The van der Waals surface area contributed by atoms with Crippen molar-refractivity contribution in [3.05, 3.63) is 12.7 Å². The molecule has 0 aromatic rings. The van der Waals surface area contributed by atoms with Crippen LogP contribution in [0.3, 0.4) is 0 Å². The van der Waals surface area contributed by atoms with Crippen molar-refractivity contribution in [3.8, 4) is 0 Å². The molecule has 0 bridgehead atoms. The molecule has 1 amide bonds. The average molecular weight is 165 g/mol. The number of hydrogen-bond donors (Lipinski definition) is 3. The Morgan fingerprint density at radius 1 is 2.00 bits per heavy atom. The fourth-order valence-electron chi connectivity index (χ4n) is 0.252. The zero-order valence-electron chi connectivity index (χ0n) is 5.29. The van der Waals surface area contributed by atoms with Crippen LogP contribution in [0, 0.1) is 0 Å². The first kappa shape index (κ1) is 8.91. The van der Waals surface area contributed by atoms with Crippen LogP contribution < -0.4 is 4.72 Å². The summed E-state index contributed by atoms with van der Waals surface area (Å²) in [7, 11) is -0.600. The van der Waals surface area contributed by atoms with Crippen LogP contribution in [-0.4, -0.2) is 11.7 Å². The van der Waals surface area contributed by atoms with Crippen LogP contribution in [-0.2, 0) is 4.79 Å². The summed E-state index contributed by atoms with van der Waals surface area (Å²) in [6.45, 7) is 5.29. The number of rotatable bonds is 3. The van der Waals surface area contributed by atoms with Gasteiger partial charge in [-0.2, -0.15) is 0 Å². The van der Waals surface area contributed by atoms with Gasteiger partial charge in [-0.15, -0.1) is 21.8 Å². The van der Waals surface area contributed by atoms with Crippen molar-refractivity contribution in [1.29, 1.82) is 0 Å². The zero-order valence-corrected chi connectivity index (χ0v) is 7.08. The molecule has 2 nitrogen and oxygen atoms in total. The first-order chi connectivity index (χ1) is 4.20. The minimum absolute atomic E-state index is 0.141. The van der Waals surface area contributed by atoms with Crippen molar-refractivity contribution in [2.75, 3.05) is 5.75 Å². The molecule has 0 heterocycles. The van der Waals surface area contributed by atoms with Crippen LogP contribution in [0.2, 0.25) is 0 Å². The van der Waals surface area contributed by atoms with Crippen molar-refractivity contribution in [2.24, 2.45) is 0 Å². The maximum Gasteiger partial charge on any atom is 0.252 e. The minimum atomic E-state index is -0.600. The molecule has 0 rings (SSSR count). The Morgan fingerprint density at radius 2 is 2.56 bits per heavy atom. The average Bonchev–Trinajstić information content (AvgIpc) is 1.87. The number of thiol groups is 2. The molecule has 4 heteroatoms. The Morgan fingerprint density at radius 3 is 2.89 bits per heavy atom. The quantitative estimate of drug-likeness (QED) is 0.326. The van der Waals surface area contributed by atoms with E-state index in [-0.39, 0.29) is 5.91 Å². The van der Waals surface area contributed by atoms with Gasteiger partial charge in [-0.25, -0.2) is 0 Å². The summed E-state index contributed by atoms with van der Waals surface area (Å²) >= 11 is 4.11. The third kappa shape index (κ3) is 4.42. The highest BCUT2D eigenvalue weighted by atomic mass is 33.1. The molecular formula is C5H11NOS2. The molecule has 0 aliphatic carbocycles. The molecule has 0 aliphatic rings. The second kappa shape index (κ2) is 4.76. The van der Waals surface area contributed by atoms with Gasteiger partial charge in [0.25, 0.3) is 5.91 Å².